The van der Waals surface area contributed by atoms with Crippen LogP contribution < -0.4 is 10.7 Å². The van der Waals surface area contributed by atoms with E-state index in [0.29, 0.717) is 22.4 Å². The summed E-state index contributed by atoms with van der Waals surface area (Å²) in [5.41, 5.74) is 2.46. The van der Waals surface area contributed by atoms with Gasteiger partial charge in [0, 0.05) is 23.8 Å². The molecule has 0 spiro atoms. The average molecular weight is 378 g/mol. The van der Waals surface area contributed by atoms with E-state index in [2.05, 4.69) is 20.3 Å². The van der Waals surface area contributed by atoms with Gasteiger partial charge in [0.2, 0.25) is 0 Å². The number of aromatic nitrogens is 3. The van der Waals surface area contributed by atoms with Crippen LogP contribution in [0.25, 0.3) is 21.7 Å². The van der Waals surface area contributed by atoms with Gasteiger partial charge in [-0.3, -0.25) is 19.6 Å². The molecule has 0 unspecified atom stereocenters. The summed E-state index contributed by atoms with van der Waals surface area (Å²) in [5.74, 6) is -0.493. The molecule has 1 amide bonds. The Balaban J connectivity index is 1.51. The smallest absolute Gasteiger partial charge is 0.287 e. The third-order valence-electron chi connectivity index (χ3n) is 3.87. The molecule has 0 saturated heterocycles. The van der Waals surface area contributed by atoms with Gasteiger partial charge < -0.3 is 9.73 Å². The maximum Gasteiger partial charge on any atom is 0.287 e. The molecule has 0 saturated carbocycles. The van der Waals surface area contributed by atoms with Crippen LogP contribution in [0, 0.1) is 6.92 Å². The number of carbonyl (C=O) groups is 1. The first-order valence-corrected chi connectivity index (χ1v) is 9.01. The second-order valence-electron chi connectivity index (χ2n) is 5.89. The molecule has 3 heterocycles. The van der Waals surface area contributed by atoms with Crippen LogP contribution in [-0.2, 0) is 6.54 Å². The molecule has 1 N–H and O–H groups in total. The topological polar surface area (TPSA) is 98.0 Å². The van der Waals surface area contributed by atoms with E-state index >= 15 is 0 Å². The Bertz CT molecular complexity index is 1180. The molecule has 0 bridgehead atoms. The summed E-state index contributed by atoms with van der Waals surface area (Å²) in [6.45, 7) is 2.11. The lowest BCUT2D eigenvalue weighted by atomic mass is 10.1. The molecule has 0 atom stereocenters. The third kappa shape index (κ3) is 3.61. The molecule has 7 nitrogen and oxygen atoms in total. The fourth-order valence-electron chi connectivity index (χ4n) is 2.55. The summed E-state index contributed by atoms with van der Waals surface area (Å²) in [7, 11) is 0. The lowest BCUT2D eigenvalue weighted by Crippen LogP contribution is -2.24. The first kappa shape index (κ1) is 17.0. The van der Waals surface area contributed by atoms with E-state index in [9.17, 15) is 9.59 Å². The molecule has 4 rings (SSSR count). The molecule has 0 aliphatic rings. The zero-order valence-corrected chi connectivity index (χ0v) is 15.1. The van der Waals surface area contributed by atoms with Crippen LogP contribution in [0.15, 0.2) is 57.4 Å². The van der Waals surface area contributed by atoms with Crippen LogP contribution >= 0.6 is 11.3 Å². The molecule has 27 heavy (non-hydrogen) atoms. The fraction of sp³-hybridized carbons (Fsp3) is 0.105. The predicted molar refractivity (Wildman–Crippen MR) is 102 cm³/mol. The van der Waals surface area contributed by atoms with Gasteiger partial charge in [0.25, 0.3) is 5.91 Å². The number of hydrogen-bond donors (Lipinski definition) is 1. The van der Waals surface area contributed by atoms with Crippen LogP contribution in [0.4, 0.5) is 0 Å². The van der Waals surface area contributed by atoms with Gasteiger partial charge in [0.15, 0.2) is 11.2 Å². The lowest BCUT2D eigenvalue weighted by molar-refractivity contribution is 0.0923. The van der Waals surface area contributed by atoms with Gasteiger partial charge in [-0.25, -0.2) is 4.98 Å². The maximum atomic E-state index is 12.4. The highest BCUT2D eigenvalue weighted by Gasteiger charge is 2.13. The molecule has 8 heteroatoms. The fourth-order valence-corrected chi connectivity index (χ4v) is 3.33. The van der Waals surface area contributed by atoms with Crippen LogP contribution in [0.5, 0.6) is 0 Å². The maximum absolute atomic E-state index is 12.4. The van der Waals surface area contributed by atoms with Crippen LogP contribution in [0.3, 0.4) is 0 Å². The number of hydrogen-bond acceptors (Lipinski definition) is 7. The minimum Gasteiger partial charge on any atom is -0.451 e. The molecule has 0 aliphatic carbocycles. The molecule has 0 fully saturated rings. The Labute approximate surface area is 157 Å². The van der Waals surface area contributed by atoms with E-state index in [0.717, 1.165) is 10.6 Å². The van der Waals surface area contributed by atoms with Crippen LogP contribution in [-0.4, -0.2) is 20.9 Å². The van der Waals surface area contributed by atoms with Crippen LogP contribution in [0.1, 0.15) is 21.8 Å². The van der Waals surface area contributed by atoms with Crippen molar-refractivity contribution in [1.82, 2.24) is 20.3 Å². The molecule has 0 radical (unpaired) electrons. The van der Waals surface area contributed by atoms with Gasteiger partial charge in [-0.2, -0.15) is 0 Å². The van der Waals surface area contributed by atoms with Crippen molar-refractivity contribution < 1.29 is 9.21 Å². The van der Waals surface area contributed by atoms with Crippen molar-refractivity contribution in [2.24, 2.45) is 0 Å². The lowest BCUT2D eigenvalue weighted by Gasteiger charge is -2.04. The van der Waals surface area contributed by atoms with Crippen molar-refractivity contribution >= 4 is 28.2 Å². The summed E-state index contributed by atoms with van der Waals surface area (Å²) in [6, 6.07) is 6.47. The molecule has 1 aromatic carbocycles. The molecular formula is C19H14N4O3S. The number of fused-ring (bicyclic) bond motifs is 1. The number of aryl methyl sites for hydroxylation is 1. The Morgan fingerprint density at radius 3 is 2.96 bits per heavy atom. The van der Waals surface area contributed by atoms with E-state index in [-0.39, 0.29) is 17.7 Å². The van der Waals surface area contributed by atoms with E-state index in [1.165, 1.54) is 17.4 Å². The molecule has 0 aliphatic heterocycles. The molecule has 3 aromatic heterocycles. The molecule has 134 valence electrons. The number of carbonyl (C=O) groups excluding carboxylic acids is 1. The normalized spacial score (nSPS) is 10.9. The van der Waals surface area contributed by atoms with Gasteiger partial charge in [-0.15, -0.1) is 11.3 Å². The van der Waals surface area contributed by atoms with Crippen molar-refractivity contribution in [2.45, 2.75) is 13.5 Å². The number of nitrogens with one attached hydrogen (secondary N) is 1. The van der Waals surface area contributed by atoms with Gasteiger partial charge in [-0.1, -0.05) is 6.07 Å². The van der Waals surface area contributed by atoms with Crippen molar-refractivity contribution in [3.8, 4) is 10.7 Å². The van der Waals surface area contributed by atoms with Gasteiger partial charge >= 0.3 is 0 Å². The summed E-state index contributed by atoms with van der Waals surface area (Å²) in [6.07, 6.45) is 4.83. The summed E-state index contributed by atoms with van der Waals surface area (Å²) in [4.78, 5) is 37.2. The zero-order chi connectivity index (χ0) is 18.8. The second kappa shape index (κ2) is 7.08. The molecule has 4 aromatic rings. The number of thiazole rings is 1. The standard InChI is InChI=1S/C19H14N4O3S/c1-11-2-3-13-15(24)7-17(26-16(13)6-11)18(25)22-8-12-10-27-19(23-12)14-9-20-4-5-21-14/h2-7,9-10H,8H2,1H3,(H,22,25). The van der Waals surface area contributed by atoms with E-state index < -0.39 is 5.91 Å². The van der Waals surface area contributed by atoms with Gasteiger partial charge in [0.05, 0.1) is 23.8 Å². The summed E-state index contributed by atoms with van der Waals surface area (Å²) < 4.78 is 5.60. The zero-order valence-electron chi connectivity index (χ0n) is 14.3. The Kier molecular flexibility index (Phi) is 4.47. The first-order valence-electron chi connectivity index (χ1n) is 8.13. The Morgan fingerprint density at radius 2 is 2.15 bits per heavy atom. The Morgan fingerprint density at radius 1 is 1.26 bits per heavy atom. The van der Waals surface area contributed by atoms with Crippen molar-refractivity contribution in [3.63, 3.8) is 0 Å². The van der Waals surface area contributed by atoms with Crippen molar-refractivity contribution in [2.75, 3.05) is 0 Å². The third-order valence-corrected chi connectivity index (χ3v) is 4.79. The molecular weight excluding hydrogens is 364 g/mol. The van der Waals surface area contributed by atoms with Crippen molar-refractivity contribution in [3.05, 3.63) is 75.5 Å². The predicted octanol–water partition coefficient (Wildman–Crippen LogP) is 2.94. The van der Waals surface area contributed by atoms with Gasteiger partial charge in [-0.05, 0) is 24.6 Å². The van der Waals surface area contributed by atoms with E-state index in [1.54, 1.807) is 30.7 Å². The van der Waals surface area contributed by atoms with E-state index in [4.69, 9.17) is 4.42 Å². The first-order chi connectivity index (χ1) is 13.1. The quantitative estimate of drug-likeness (QED) is 0.586. The monoisotopic (exact) mass is 378 g/mol. The highest BCUT2D eigenvalue weighted by atomic mass is 32.1. The number of benzene rings is 1. The van der Waals surface area contributed by atoms with E-state index in [1.807, 2.05) is 18.4 Å². The largest absolute Gasteiger partial charge is 0.451 e. The average Bonchev–Trinajstić information content (AvgIpc) is 3.15. The number of nitrogens with zero attached hydrogens (tertiary/aromatic N) is 3. The minimum absolute atomic E-state index is 0.0255. The number of rotatable bonds is 4. The van der Waals surface area contributed by atoms with Crippen LogP contribution in [0.2, 0.25) is 0 Å². The highest BCUT2D eigenvalue weighted by molar-refractivity contribution is 7.13. The minimum atomic E-state index is -0.468. The summed E-state index contributed by atoms with van der Waals surface area (Å²) in [5, 5.41) is 5.73. The SMILES string of the molecule is Cc1ccc2c(=O)cc(C(=O)NCc3csc(-c4cnccn4)n3)oc2c1. The Hall–Kier alpha value is -3.39. The highest BCUT2D eigenvalue weighted by Crippen LogP contribution is 2.20. The van der Waals surface area contributed by atoms with Gasteiger partial charge in [0.1, 0.15) is 16.3 Å². The second-order valence-corrected chi connectivity index (χ2v) is 6.75. The van der Waals surface area contributed by atoms with Crippen molar-refractivity contribution in [1.29, 1.82) is 0 Å². The summed E-state index contributed by atoms with van der Waals surface area (Å²) >= 11 is 1.42. The number of amides is 1.